The van der Waals surface area contributed by atoms with Crippen LogP contribution < -0.4 is 4.74 Å². The molecule has 0 fully saturated rings. The van der Waals surface area contributed by atoms with E-state index in [0.717, 1.165) is 18.7 Å². The first-order chi connectivity index (χ1) is 12.6. The standard InChI is InChI=1S/C22H29NO3/c1-3-23(4-2)16-19(24)17-26-22-13-9-8-12-20(22)21(25)15-14-18-10-6-5-7-11-18/h5-13,19,24H,3-4,14-17H2,1-2H3/t19-/m0/s1. The number of rotatable bonds is 11. The Labute approximate surface area is 156 Å². The number of aryl methyl sites for hydroxylation is 1. The number of hydrogen-bond acceptors (Lipinski definition) is 4. The van der Waals surface area contributed by atoms with Crippen LogP contribution in [0.3, 0.4) is 0 Å². The van der Waals surface area contributed by atoms with Gasteiger partial charge in [-0.2, -0.15) is 0 Å². The van der Waals surface area contributed by atoms with Crippen LogP contribution >= 0.6 is 0 Å². The first-order valence-electron chi connectivity index (χ1n) is 9.33. The minimum atomic E-state index is -0.581. The van der Waals surface area contributed by atoms with Crippen LogP contribution in [0.25, 0.3) is 0 Å². The normalized spacial score (nSPS) is 12.2. The fourth-order valence-electron chi connectivity index (χ4n) is 2.88. The summed E-state index contributed by atoms with van der Waals surface area (Å²) in [4.78, 5) is 14.7. The van der Waals surface area contributed by atoms with Crippen LogP contribution in [0.5, 0.6) is 5.75 Å². The SMILES string of the molecule is CCN(CC)C[C@H](O)COc1ccccc1C(=O)CCc1ccccc1. The number of ether oxygens (including phenoxy) is 1. The average Bonchev–Trinajstić information content (AvgIpc) is 2.69. The van der Waals surface area contributed by atoms with E-state index in [4.69, 9.17) is 4.74 Å². The van der Waals surface area contributed by atoms with Gasteiger partial charge in [-0.15, -0.1) is 0 Å². The lowest BCUT2D eigenvalue weighted by Gasteiger charge is -2.22. The molecule has 0 unspecified atom stereocenters. The molecule has 2 aromatic rings. The minimum absolute atomic E-state index is 0.0580. The number of nitrogens with zero attached hydrogens (tertiary/aromatic N) is 1. The van der Waals surface area contributed by atoms with E-state index >= 15 is 0 Å². The van der Waals surface area contributed by atoms with E-state index in [9.17, 15) is 9.90 Å². The molecular weight excluding hydrogens is 326 g/mol. The average molecular weight is 355 g/mol. The first-order valence-corrected chi connectivity index (χ1v) is 9.33. The van der Waals surface area contributed by atoms with E-state index in [1.165, 1.54) is 0 Å². The molecule has 0 heterocycles. The topological polar surface area (TPSA) is 49.8 Å². The van der Waals surface area contributed by atoms with Gasteiger partial charge in [-0.25, -0.2) is 0 Å². The molecular formula is C22H29NO3. The molecule has 140 valence electrons. The van der Waals surface area contributed by atoms with Crippen LogP contribution in [-0.4, -0.2) is 48.1 Å². The predicted molar refractivity (Wildman–Crippen MR) is 105 cm³/mol. The van der Waals surface area contributed by atoms with E-state index in [-0.39, 0.29) is 12.4 Å². The minimum Gasteiger partial charge on any atom is -0.490 e. The van der Waals surface area contributed by atoms with Gasteiger partial charge in [-0.05, 0) is 37.2 Å². The summed E-state index contributed by atoms with van der Waals surface area (Å²) in [5.74, 6) is 0.604. The van der Waals surface area contributed by atoms with Crippen molar-refractivity contribution in [1.29, 1.82) is 0 Å². The Kier molecular flexibility index (Phi) is 8.32. The van der Waals surface area contributed by atoms with Crippen LogP contribution in [0.4, 0.5) is 0 Å². The molecule has 0 aromatic heterocycles. The van der Waals surface area contributed by atoms with Gasteiger partial charge in [0.15, 0.2) is 5.78 Å². The van der Waals surface area contributed by atoms with Crippen LogP contribution in [0.2, 0.25) is 0 Å². The molecule has 0 aliphatic rings. The Morgan fingerprint density at radius 3 is 2.38 bits per heavy atom. The third-order valence-corrected chi connectivity index (χ3v) is 4.47. The number of hydrogen-bond donors (Lipinski definition) is 1. The van der Waals surface area contributed by atoms with Crippen LogP contribution in [0.15, 0.2) is 54.6 Å². The Morgan fingerprint density at radius 2 is 1.69 bits per heavy atom. The third kappa shape index (κ3) is 6.28. The molecule has 0 spiro atoms. The number of aliphatic hydroxyl groups is 1. The molecule has 0 saturated heterocycles. The summed E-state index contributed by atoms with van der Waals surface area (Å²) in [5, 5.41) is 10.2. The lowest BCUT2D eigenvalue weighted by atomic mass is 10.0. The fourth-order valence-corrected chi connectivity index (χ4v) is 2.88. The maximum absolute atomic E-state index is 12.6. The lowest BCUT2D eigenvalue weighted by Crippen LogP contribution is -2.35. The van der Waals surface area contributed by atoms with Crippen molar-refractivity contribution in [3.05, 3.63) is 65.7 Å². The van der Waals surface area contributed by atoms with Crippen molar-refractivity contribution < 1.29 is 14.6 Å². The zero-order valence-corrected chi connectivity index (χ0v) is 15.7. The smallest absolute Gasteiger partial charge is 0.166 e. The highest BCUT2D eigenvalue weighted by atomic mass is 16.5. The summed E-state index contributed by atoms with van der Waals surface area (Å²) in [6, 6.07) is 17.3. The zero-order valence-electron chi connectivity index (χ0n) is 15.7. The maximum Gasteiger partial charge on any atom is 0.166 e. The molecule has 0 aliphatic heterocycles. The molecule has 0 radical (unpaired) electrons. The van der Waals surface area contributed by atoms with E-state index in [1.54, 1.807) is 12.1 Å². The summed E-state index contributed by atoms with van der Waals surface area (Å²) in [5.41, 5.74) is 1.73. The van der Waals surface area contributed by atoms with Gasteiger partial charge in [-0.3, -0.25) is 4.79 Å². The quantitative estimate of drug-likeness (QED) is 0.626. The van der Waals surface area contributed by atoms with Gasteiger partial charge in [0.05, 0.1) is 5.56 Å². The molecule has 0 aliphatic carbocycles. The van der Waals surface area contributed by atoms with Crippen molar-refractivity contribution in [3.8, 4) is 5.75 Å². The molecule has 0 amide bonds. The highest BCUT2D eigenvalue weighted by Gasteiger charge is 2.15. The number of benzene rings is 2. The zero-order chi connectivity index (χ0) is 18.8. The third-order valence-electron chi connectivity index (χ3n) is 4.47. The molecule has 4 heteroatoms. The number of aliphatic hydroxyl groups excluding tert-OH is 1. The Balaban J connectivity index is 1.93. The molecule has 2 aromatic carbocycles. The Morgan fingerprint density at radius 1 is 1.04 bits per heavy atom. The number of carbonyl (C=O) groups is 1. The Bertz CT molecular complexity index is 668. The van der Waals surface area contributed by atoms with Crippen LogP contribution in [-0.2, 0) is 6.42 Å². The van der Waals surface area contributed by atoms with Gasteiger partial charge in [0, 0.05) is 13.0 Å². The van der Waals surface area contributed by atoms with Gasteiger partial charge in [0.25, 0.3) is 0 Å². The van der Waals surface area contributed by atoms with Gasteiger partial charge < -0.3 is 14.7 Å². The number of Topliss-reactive ketones (excluding diaryl/α,β-unsaturated/α-hetero) is 1. The summed E-state index contributed by atoms with van der Waals surface area (Å²) >= 11 is 0. The monoisotopic (exact) mass is 355 g/mol. The van der Waals surface area contributed by atoms with Crippen molar-refractivity contribution in [1.82, 2.24) is 4.90 Å². The summed E-state index contributed by atoms with van der Waals surface area (Å²) < 4.78 is 5.76. The van der Waals surface area contributed by atoms with E-state index < -0.39 is 6.10 Å². The van der Waals surface area contributed by atoms with Crippen molar-refractivity contribution in [2.45, 2.75) is 32.8 Å². The largest absolute Gasteiger partial charge is 0.490 e. The number of likely N-dealkylation sites (N-methyl/N-ethyl adjacent to an activating group) is 1. The van der Waals surface area contributed by atoms with E-state index in [1.807, 2.05) is 42.5 Å². The van der Waals surface area contributed by atoms with Crippen molar-refractivity contribution >= 4 is 5.78 Å². The summed E-state index contributed by atoms with van der Waals surface area (Å²) in [7, 11) is 0. The predicted octanol–water partition coefficient (Wildman–Crippen LogP) is 3.58. The lowest BCUT2D eigenvalue weighted by molar-refractivity contribution is 0.0707. The molecule has 1 atom stereocenters. The van der Waals surface area contributed by atoms with Gasteiger partial charge in [0.2, 0.25) is 0 Å². The molecule has 0 bridgehead atoms. The summed E-state index contributed by atoms with van der Waals surface area (Å²) in [6.07, 6.45) is 0.563. The molecule has 1 N–H and O–H groups in total. The molecule has 2 rings (SSSR count). The van der Waals surface area contributed by atoms with Gasteiger partial charge in [0.1, 0.15) is 18.5 Å². The van der Waals surface area contributed by atoms with Crippen molar-refractivity contribution in [2.75, 3.05) is 26.2 Å². The van der Waals surface area contributed by atoms with E-state index in [0.29, 0.717) is 30.7 Å². The van der Waals surface area contributed by atoms with Gasteiger partial charge in [-0.1, -0.05) is 56.3 Å². The highest BCUT2D eigenvalue weighted by Crippen LogP contribution is 2.21. The van der Waals surface area contributed by atoms with E-state index in [2.05, 4.69) is 18.7 Å². The van der Waals surface area contributed by atoms with Crippen LogP contribution in [0, 0.1) is 0 Å². The second-order valence-electron chi connectivity index (χ2n) is 6.36. The van der Waals surface area contributed by atoms with Crippen molar-refractivity contribution in [2.24, 2.45) is 0 Å². The van der Waals surface area contributed by atoms with Crippen molar-refractivity contribution in [3.63, 3.8) is 0 Å². The number of para-hydroxylation sites is 1. The maximum atomic E-state index is 12.6. The number of carbonyl (C=O) groups excluding carboxylic acids is 1. The summed E-state index contributed by atoms with van der Waals surface area (Å²) in [6.45, 7) is 6.66. The number of ketones is 1. The Hall–Kier alpha value is -2.17. The highest BCUT2D eigenvalue weighted by molar-refractivity contribution is 5.98. The molecule has 4 nitrogen and oxygen atoms in total. The molecule has 26 heavy (non-hydrogen) atoms. The first kappa shape index (κ1) is 20.1. The van der Waals surface area contributed by atoms with Gasteiger partial charge >= 0.3 is 0 Å². The second-order valence-corrected chi connectivity index (χ2v) is 6.36. The molecule has 0 saturated carbocycles. The second kappa shape index (κ2) is 10.7. The van der Waals surface area contributed by atoms with Crippen LogP contribution in [0.1, 0.15) is 36.2 Å². The fraction of sp³-hybridized carbons (Fsp3) is 0.409.